The SMILES string of the molecule is Cc1cccc(C(=O)NC2CCOC(c3ccncc3)C2)c1C. The minimum absolute atomic E-state index is 0.00609. The first-order valence-electron chi connectivity index (χ1n) is 8.04. The number of carbonyl (C=O) groups is 1. The Labute approximate surface area is 136 Å². The fourth-order valence-electron chi connectivity index (χ4n) is 3.00. The lowest BCUT2D eigenvalue weighted by atomic mass is 9.97. The molecule has 4 heteroatoms. The van der Waals surface area contributed by atoms with E-state index in [9.17, 15) is 4.79 Å². The Balaban J connectivity index is 1.68. The highest BCUT2D eigenvalue weighted by molar-refractivity contribution is 5.96. The maximum atomic E-state index is 12.6. The number of aryl methyl sites for hydroxylation is 1. The Morgan fingerprint density at radius 2 is 2.00 bits per heavy atom. The number of carbonyl (C=O) groups excluding carboxylic acids is 1. The van der Waals surface area contributed by atoms with Crippen molar-refractivity contribution in [2.24, 2.45) is 0 Å². The molecule has 1 aromatic heterocycles. The number of nitrogens with zero attached hydrogens (tertiary/aromatic N) is 1. The molecule has 3 rings (SSSR count). The average molecular weight is 310 g/mol. The molecular formula is C19H22N2O2. The number of ether oxygens (including phenoxy) is 1. The summed E-state index contributed by atoms with van der Waals surface area (Å²) in [4.78, 5) is 16.6. The predicted octanol–water partition coefficient (Wildman–Crippen LogP) is 3.35. The van der Waals surface area contributed by atoms with Gasteiger partial charge in [0.1, 0.15) is 0 Å². The van der Waals surface area contributed by atoms with E-state index in [0.717, 1.165) is 35.1 Å². The van der Waals surface area contributed by atoms with Crippen LogP contribution in [0.2, 0.25) is 0 Å². The van der Waals surface area contributed by atoms with Crippen LogP contribution in [0.1, 0.15) is 46.0 Å². The third-order valence-electron chi connectivity index (χ3n) is 4.55. The Kier molecular flexibility index (Phi) is 4.72. The van der Waals surface area contributed by atoms with Gasteiger partial charge < -0.3 is 10.1 Å². The van der Waals surface area contributed by atoms with Crippen LogP contribution in [0, 0.1) is 13.8 Å². The molecule has 0 spiro atoms. The molecule has 0 bridgehead atoms. The van der Waals surface area contributed by atoms with Gasteiger partial charge in [-0.15, -0.1) is 0 Å². The smallest absolute Gasteiger partial charge is 0.251 e. The highest BCUT2D eigenvalue weighted by Crippen LogP contribution is 2.28. The van der Waals surface area contributed by atoms with Crippen LogP contribution in [0.4, 0.5) is 0 Å². The van der Waals surface area contributed by atoms with Gasteiger partial charge in [-0.05, 0) is 61.6 Å². The summed E-state index contributed by atoms with van der Waals surface area (Å²) in [5, 5.41) is 3.17. The summed E-state index contributed by atoms with van der Waals surface area (Å²) in [6.07, 6.45) is 5.21. The number of pyridine rings is 1. The van der Waals surface area contributed by atoms with Crippen LogP contribution >= 0.6 is 0 Å². The fourth-order valence-corrected chi connectivity index (χ4v) is 3.00. The molecule has 1 aliphatic heterocycles. The zero-order valence-electron chi connectivity index (χ0n) is 13.6. The highest BCUT2D eigenvalue weighted by atomic mass is 16.5. The van der Waals surface area contributed by atoms with Crippen LogP contribution in [0.5, 0.6) is 0 Å². The van der Waals surface area contributed by atoms with E-state index in [0.29, 0.717) is 6.61 Å². The van der Waals surface area contributed by atoms with E-state index >= 15 is 0 Å². The lowest BCUT2D eigenvalue weighted by Gasteiger charge is -2.30. The molecule has 23 heavy (non-hydrogen) atoms. The maximum absolute atomic E-state index is 12.6. The minimum atomic E-state index is 0.00609. The number of aromatic nitrogens is 1. The Morgan fingerprint density at radius 3 is 2.78 bits per heavy atom. The van der Waals surface area contributed by atoms with Gasteiger partial charge in [-0.3, -0.25) is 9.78 Å². The first kappa shape index (κ1) is 15.7. The van der Waals surface area contributed by atoms with Crippen molar-refractivity contribution in [2.45, 2.75) is 38.8 Å². The molecule has 0 aliphatic carbocycles. The van der Waals surface area contributed by atoms with Crippen molar-refractivity contribution in [2.75, 3.05) is 6.61 Å². The maximum Gasteiger partial charge on any atom is 0.251 e. The zero-order chi connectivity index (χ0) is 16.2. The van der Waals surface area contributed by atoms with Gasteiger partial charge in [0.05, 0.1) is 6.10 Å². The van der Waals surface area contributed by atoms with Crippen molar-refractivity contribution < 1.29 is 9.53 Å². The van der Waals surface area contributed by atoms with Gasteiger partial charge in [-0.1, -0.05) is 12.1 Å². The molecule has 0 radical (unpaired) electrons. The first-order chi connectivity index (χ1) is 11.1. The summed E-state index contributed by atoms with van der Waals surface area (Å²) in [6, 6.07) is 9.92. The molecule has 1 fully saturated rings. The predicted molar refractivity (Wildman–Crippen MR) is 89.3 cm³/mol. The number of amides is 1. The molecule has 2 aromatic rings. The number of benzene rings is 1. The topological polar surface area (TPSA) is 51.2 Å². The third kappa shape index (κ3) is 3.59. The van der Waals surface area contributed by atoms with Crippen LogP contribution in [0.3, 0.4) is 0 Å². The Bertz CT molecular complexity index is 685. The molecular weight excluding hydrogens is 288 g/mol. The second kappa shape index (κ2) is 6.92. The second-order valence-electron chi connectivity index (χ2n) is 6.08. The van der Waals surface area contributed by atoms with Gasteiger partial charge in [-0.2, -0.15) is 0 Å². The van der Waals surface area contributed by atoms with E-state index in [1.165, 1.54) is 0 Å². The summed E-state index contributed by atoms with van der Waals surface area (Å²) < 4.78 is 5.85. The molecule has 0 saturated carbocycles. The van der Waals surface area contributed by atoms with E-state index in [4.69, 9.17) is 4.74 Å². The molecule has 1 aliphatic rings. The summed E-state index contributed by atoms with van der Waals surface area (Å²) in [6.45, 7) is 4.68. The van der Waals surface area contributed by atoms with E-state index in [1.807, 2.05) is 44.2 Å². The van der Waals surface area contributed by atoms with Crippen LogP contribution < -0.4 is 5.32 Å². The average Bonchev–Trinajstić information content (AvgIpc) is 2.58. The monoisotopic (exact) mass is 310 g/mol. The fraction of sp³-hybridized carbons (Fsp3) is 0.368. The number of nitrogens with one attached hydrogen (secondary N) is 1. The van der Waals surface area contributed by atoms with Crippen molar-refractivity contribution in [1.82, 2.24) is 10.3 Å². The van der Waals surface area contributed by atoms with Crippen LogP contribution in [0.25, 0.3) is 0 Å². The molecule has 120 valence electrons. The Hall–Kier alpha value is -2.20. The van der Waals surface area contributed by atoms with Crippen molar-refractivity contribution in [1.29, 1.82) is 0 Å². The molecule has 1 saturated heterocycles. The molecule has 4 nitrogen and oxygen atoms in total. The largest absolute Gasteiger partial charge is 0.373 e. The first-order valence-corrected chi connectivity index (χ1v) is 8.04. The molecule has 2 unspecified atom stereocenters. The van der Waals surface area contributed by atoms with Gasteiger partial charge in [-0.25, -0.2) is 0 Å². The summed E-state index contributed by atoms with van der Waals surface area (Å²) >= 11 is 0. The number of rotatable bonds is 3. The lowest BCUT2D eigenvalue weighted by Crippen LogP contribution is -2.40. The van der Waals surface area contributed by atoms with Gasteiger partial charge in [0.2, 0.25) is 0 Å². The minimum Gasteiger partial charge on any atom is -0.373 e. The summed E-state index contributed by atoms with van der Waals surface area (Å²) in [5.41, 5.74) is 4.06. The van der Waals surface area contributed by atoms with Crippen molar-refractivity contribution >= 4 is 5.91 Å². The number of hydrogen-bond donors (Lipinski definition) is 1. The molecule has 1 amide bonds. The van der Waals surface area contributed by atoms with E-state index in [1.54, 1.807) is 12.4 Å². The highest BCUT2D eigenvalue weighted by Gasteiger charge is 2.25. The zero-order valence-corrected chi connectivity index (χ0v) is 13.6. The van der Waals surface area contributed by atoms with E-state index in [-0.39, 0.29) is 18.1 Å². The van der Waals surface area contributed by atoms with Crippen LogP contribution in [0.15, 0.2) is 42.7 Å². The normalized spacial score (nSPS) is 21.0. The van der Waals surface area contributed by atoms with Crippen LogP contribution in [-0.2, 0) is 4.74 Å². The van der Waals surface area contributed by atoms with E-state index < -0.39 is 0 Å². The summed E-state index contributed by atoms with van der Waals surface area (Å²) in [5.74, 6) is 0.00609. The van der Waals surface area contributed by atoms with E-state index in [2.05, 4.69) is 10.3 Å². The second-order valence-corrected chi connectivity index (χ2v) is 6.08. The third-order valence-corrected chi connectivity index (χ3v) is 4.55. The molecule has 2 atom stereocenters. The quantitative estimate of drug-likeness (QED) is 0.946. The van der Waals surface area contributed by atoms with Crippen molar-refractivity contribution in [3.8, 4) is 0 Å². The van der Waals surface area contributed by atoms with Crippen molar-refractivity contribution in [3.63, 3.8) is 0 Å². The number of hydrogen-bond acceptors (Lipinski definition) is 3. The standard InChI is InChI=1S/C19H22N2O2/c1-13-4-3-5-17(14(13)2)19(22)21-16-8-11-23-18(12-16)15-6-9-20-10-7-15/h3-7,9-10,16,18H,8,11-12H2,1-2H3,(H,21,22). The summed E-state index contributed by atoms with van der Waals surface area (Å²) in [7, 11) is 0. The van der Waals surface area contributed by atoms with Gasteiger partial charge in [0.15, 0.2) is 0 Å². The lowest BCUT2D eigenvalue weighted by molar-refractivity contribution is 0.000856. The van der Waals surface area contributed by atoms with Gasteiger partial charge in [0, 0.05) is 30.6 Å². The van der Waals surface area contributed by atoms with Crippen LogP contribution in [-0.4, -0.2) is 23.5 Å². The van der Waals surface area contributed by atoms with Gasteiger partial charge in [0.25, 0.3) is 5.91 Å². The van der Waals surface area contributed by atoms with Gasteiger partial charge >= 0.3 is 0 Å². The molecule has 2 heterocycles. The van der Waals surface area contributed by atoms with Crippen molar-refractivity contribution in [3.05, 3.63) is 65.0 Å². The molecule has 1 N–H and O–H groups in total. The Morgan fingerprint density at radius 1 is 1.22 bits per heavy atom. The molecule has 1 aromatic carbocycles.